The van der Waals surface area contributed by atoms with Gasteiger partial charge in [-0.1, -0.05) is 18.2 Å². The van der Waals surface area contributed by atoms with E-state index in [-0.39, 0.29) is 18.7 Å². The number of rotatable bonds is 11. The Labute approximate surface area is 209 Å². The number of hydrogen-bond donors (Lipinski definition) is 2. The molecule has 0 aliphatic rings. The van der Waals surface area contributed by atoms with Gasteiger partial charge in [0.25, 0.3) is 5.91 Å². The van der Waals surface area contributed by atoms with Gasteiger partial charge in [0.2, 0.25) is 5.91 Å². The summed E-state index contributed by atoms with van der Waals surface area (Å²) in [4.78, 5) is 36.3. The summed E-state index contributed by atoms with van der Waals surface area (Å²) in [7, 11) is 2.98. The van der Waals surface area contributed by atoms with E-state index >= 15 is 0 Å². The maximum absolute atomic E-state index is 12.2. The second kappa shape index (κ2) is 12.8. The summed E-state index contributed by atoms with van der Waals surface area (Å²) in [5.74, 6) is 0.808. The first-order valence-electron chi connectivity index (χ1n) is 11.2. The fourth-order valence-corrected chi connectivity index (χ4v) is 3.15. The maximum atomic E-state index is 12.2. The lowest BCUT2D eigenvalue weighted by Crippen LogP contribution is -2.22. The molecule has 0 atom stereocenters. The first-order valence-corrected chi connectivity index (χ1v) is 11.2. The van der Waals surface area contributed by atoms with Crippen molar-refractivity contribution in [3.63, 3.8) is 0 Å². The second-order valence-electron chi connectivity index (χ2n) is 7.72. The van der Waals surface area contributed by atoms with Crippen molar-refractivity contribution in [2.24, 2.45) is 0 Å². The van der Waals surface area contributed by atoms with Crippen LogP contribution in [-0.4, -0.2) is 38.6 Å². The monoisotopic (exact) mass is 492 g/mol. The van der Waals surface area contributed by atoms with Gasteiger partial charge in [-0.05, 0) is 55.0 Å². The average molecular weight is 493 g/mol. The third kappa shape index (κ3) is 7.76. The number of ether oxygens (including phenoxy) is 4. The largest absolute Gasteiger partial charge is 0.497 e. The highest BCUT2D eigenvalue weighted by molar-refractivity contribution is 5.95. The number of nitrogens with one attached hydrogen (secondary N) is 2. The molecule has 188 valence electrons. The minimum Gasteiger partial charge on any atom is -0.497 e. The first-order chi connectivity index (χ1) is 17.4. The Morgan fingerprint density at radius 1 is 0.750 bits per heavy atom. The highest BCUT2D eigenvalue weighted by atomic mass is 16.5. The lowest BCUT2D eigenvalue weighted by molar-refractivity contribution is -0.147. The Balaban J connectivity index is 1.39. The minimum atomic E-state index is -0.663. The van der Waals surface area contributed by atoms with Gasteiger partial charge in [-0.3, -0.25) is 14.4 Å². The van der Waals surface area contributed by atoms with Crippen LogP contribution >= 0.6 is 0 Å². The van der Waals surface area contributed by atoms with E-state index in [1.54, 1.807) is 42.5 Å². The molecule has 9 heteroatoms. The van der Waals surface area contributed by atoms with Crippen molar-refractivity contribution < 1.29 is 33.3 Å². The van der Waals surface area contributed by atoms with E-state index in [1.807, 2.05) is 31.2 Å². The Hall–Kier alpha value is -4.53. The lowest BCUT2D eigenvalue weighted by Gasteiger charge is -2.12. The highest BCUT2D eigenvalue weighted by Crippen LogP contribution is 2.29. The number of amides is 2. The topological polar surface area (TPSA) is 112 Å². The van der Waals surface area contributed by atoms with Gasteiger partial charge in [-0.2, -0.15) is 0 Å². The summed E-state index contributed by atoms with van der Waals surface area (Å²) in [6.07, 6.45) is -0.256. The molecular weight excluding hydrogens is 464 g/mol. The van der Waals surface area contributed by atoms with Crippen LogP contribution < -0.4 is 24.8 Å². The summed E-state index contributed by atoms with van der Waals surface area (Å²) < 4.78 is 21.1. The van der Waals surface area contributed by atoms with Gasteiger partial charge in [0.1, 0.15) is 23.0 Å². The second-order valence-corrected chi connectivity index (χ2v) is 7.72. The van der Waals surface area contributed by atoms with Gasteiger partial charge in [-0.25, -0.2) is 0 Å². The predicted molar refractivity (Wildman–Crippen MR) is 135 cm³/mol. The average Bonchev–Trinajstić information content (AvgIpc) is 2.89. The van der Waals surface area contributed by atoms with Crippen LogP contribution in [0.25, 0.3) is 0 Å². The number of anilines is 2. The van der Waals surface area contributed by atoms with Crippen LogP contribution in [0.1, 0.15) is 18.4 Å². The van der Waals surface area contributed by atoms with E-state index in [9.17, 15) is 14.4 Å². The Kier molecular flexibility index (Phi) is 9.27. The zero-order valence-electron chi connectivity index (χ0n) is 20.3. The van der Waals surface area contributed by atoms with Crippen LogP contribution in [0.15, 0.2) is 66.7 Å². The molecule has 0 fully saturated rings. The van der Waals surface area contributed by atoms with Gasteiger partial charge >= 0.3 is 5.97 Å². The van der Waals surface area contributed by atoms with E-state index in [4.69, 9.17) is 18.9 Å². The van der Waals surface area contributed by atoms with Crippen molar-refractivity contribution in [3.05, 3.63) is 72.3 Å². The Bertz CT molecular complexity index is 1210. The van der Waals surface area contributed by atoms with E-state index < -0.39 is 18.5 Å². The highest BCUT2D eigenvalue weighted by Gasteiger charge is 2.13. The molecule has 0 bridgehead atoms. The molecule has 0 aliphatic carbocycles. The molecule has 0 spiro atoms. The van der Waals surface area contributed by atoms with E-state index in [0.717, 1.165) is 11.3 Å². The quantitative estimate of drug-likeness (QED) is 0.373. The summed E-state index contributed by atoms with van der Waals surface area (Å²) in [5, 5.41) is 5.32. The number of methoxy groups -OCH3 is 2. The number of aryl methyl sites for hydroxylation is 1. The molecule has 0 aliphatic heterocycles. The number of carbonyl (C=O) groups excluding carboxylic acids is 3. The summed E-state index contributed by atoms with van der Waals surface area (Å²) in [6.45, 7) is 1.47. The van der Waals surface area contributed by atoms with Crippen LogP contribution in [-0.2, 0) is 19.1 Å². The summed E-state index contributed by atoms with van der Waals surface area (Å²) in [5.41, 5.74) is 1.99. The van der Waals surface area contributed by atoms with Gasteiger partial charge in [0.05, 0.1) is 26.3 Å². The molecule has 9 nitrogen and oxygen atoms in total. The van der Waals surface area contributed by atoms with E-state index in [1.165, 1.54) is 14.2 Å². The molecule has 0 saturated heterocycles. The predicted octanol–water partition coefficient (Wildman–Crippen LogP) is 4.71. The molecule has 0 saturated carbocycles. The lowest BCUT2D eigenvalue weighted by atomic mass is 10.2. The normalized spacial score (nSPS) is 10.2. The van der Waals surface area contributed by atoms with Gasteiger partial charge < -0.3 is 29.6 Å². The van der Waals surface area contributed by atoms with Crippen LogP contribution in [0, 0.1) is 6.92 Å². The Morgan fingerprint density at radius 2 is 1.47 bits per heavy atom. The van der Waals surface area contributed by atoms with Crippen molar-refractivity contribution in [1.82, 2.24) is 0 Å². The molecule has 0 aromatic heterocycles. The van der Waals surface area contributed by atoms with Gasteiger partial charge in [0.15, 0.2) is 6.61 Å². The molecule has 36 heavy (non-hydrogen) atoms. The van der Waals surface area contributed by atoms with Crippen molar-refractivity contribution in [2.45, 2.75) is 19.8 Å². The van der Waals surface area contributed by atoms with Gasteiger partial charge in [-0.15, -0.1) is 0 Å². The standard InChI is InChI=1S/C27H28N2O7/c1-18-6-4-5-7-23(18)36-20-10-8-19(9-11-20)28-25(30)14-15-27(32)35-17-26(31)29-22-13-12-21(33-2)16-24(22)34-3/h4-13,16H,14-15,17H2,1-3H3,(H,28,30)(H,29,31). The SMILES string of the molecule is COc1ccc(NC(=O)COC(=O)CCC(=O)Nc2ccc(Oc3ccccc3C)cc2)c(OC)c1. The summed E-state index contributed by atoms with van der Waals surface area (Å²) >= 11 is 0. The van der Waals surface area contributed by atoms with E-state index in [0.29, 0.717) is 28.6 Å². The van der Waals surface area contributed by atoms with Crippen LogP contribution in [0.3, 0.4) is 0 Å². The molecular formula is C27H28N2O7. The zero-order valence-corrected chi connectivity index (χ0v) is 20.3. The van der Waals surface area contributed by atoms with Crippen molar-refractivity contribution in [2.75, 3.05) is 31.5 Å². The molecule has 3 rings (SSSR count). The van der Waals surface area contributed by atoms with Crippen LogP contribution in [0.2, 0.25) is 0 Å². The van der Waals surface area contributed by atoms with Crippen molar-refractivity contribution in [3.8, 4) is 23.0 Å². The van der Waals surface area contributed by atoms with Crippen molar-refractivity contribution in [1.29, 1.82) is 0 Å². The third-order valence-corrected chi connectivity index (χ3v) is 5.06. The number of para-hydroxylation sites is 1. The smallest absolute Gasteiger partial charge is 0.306 e. The fourth-order valence-electron chi connectivity index (χ4n) is 3.15. The van der Waals surface area contributed by atoms with Crippen molar-refractivity contribution >= 4 is 29.2 Å². The van der Waals surface area contributed by atoms with E-state index in [2.05, 4.69) is 10.6 Å². The molecule has 0 heterocycles. The molecule has 3 aromatic carbocycles. The minimum absolute atomic E-state index is 0.0891. The van der Waals surface area contributed by atoms with Gasteiger partial charge in [0, 0.05) is 18.2 Å². The number of carbonyl (C=O) groups is 3. The fraction of sp³-hybridized carbons (Fsp3) is 0.222. The Morgan fingerprint density at radius 3 is 2.17 bits per heavy atom. The zero-order chi connectivity index (χ0) is 25.9. The first kappa shape index (κ1) is 26.1. The number of esters is 1. The third-order valence-electron chi connectivity index (χ3n) is 5.06. The maximum Gasteiger partial charge on any atom is 0.306 e. The number of benzene rings is 3. The molecule has 0 radical (unpaired) electrons. The molecule has 2 amide bonds. The summed E-state index contributed by atoms with van der Waals surface area (Å²) in [6, 6.07) is 19.5. The number of hydrogen-bond acceptors (Lipinski definition) is 7. The molecule has 0 unspecified atom stereocenters. The molecule has 3 aromatic rings. The van der Waals surface area contributed by atoms with Crippen LogP contribution in [0.4, 0.5) is 11.4 Å². The van der Waals surface area contributed by atoms with Crippen LogP contribution in [0.5, 0.6) is 23.0 Å². The molecule has 2 N–H and O–H groups in total.